The number of hydrogen-bond donors (Lipinski definition) is 0. The van der Waals surface area contributed by atoms with Crippen LogP contribution in [-0.4, -0.2) is 11.9 Å². The van der Waals surface area contributed by atoms with Crippen LogP contribution in [0.2, 0.25) is 0 Å². The van der Waals surface area contributed by atoms with Gasteiger partial charge in [-0.05, 0) is 50.3 Å². The topological polar surface area (TPSA) is 56.5 Å². The Morgan fingerprint density at radius 1 is 1.27 bits per heavy atom. The van der Waals surface area contributed by atoms with Crippen molar-refractivity contribution < 1.29 is 13.9 Å². The molecule has 1 aromatic heterocycles. The maximum atomic E-state index is 12.0. The quantitative estimate of drug-likeness (QED) is 0.813. The van der Waals surface area contributed by atoms with Gasteiger partial charge in [0.2, 0.25) is 0 Å². The molecule has 22 heavy (non-hydrogen) atoms. The lowest BCUT2D eigenvalue weighted by Crippen LogP contribution is -2.30. The minimum atomic E-state index is -0.367. The molecule has 1 atom stereocenters. The van der Waals surface area contributed by atoms with Crippen LogP contribution >= 0.6 is 0 Å². The molecule has 0 unspecified atom stereocenters. The van der Waals surface area contributed by atoms with Crippen molar-refractivity contribution in [2.75, 3.05) is 0 Å². The van der Waals surface area contributed by atoms with Gasteiger partial charge in [-0.15, -0.1) is 0 Å². The van der Waals surface area contributed by atoms with Crippen LogP contribution in [0.15, 0.2) is 27.4 Å². The van der Waals surface area contributed by atoms with Crippen LogP contribution < -0.4 is 10.4 Å². The van der Waals surface area contributed by atoms with Crippen molar-refractivity contribution in [1.29, 1.82) is 0 Å². The van der Waals surface area contributed by atoms with Crippen LogP contribution in [0.25, 0.3) is 11.0 Å². The van der Waals surface area contributed by atoms with Gasteiger partial charge in [-0.25, -0.2) is 4.79 Å². The van der Waals surface area contributed by atoms with Crippen molar-refractivity contribution in [3.05, 3.63) is 39.7 Å². The molecule has 1 fully saturated rings. The van der Waals surface area contributed by atoms with E-state index in [1.807, 2.05) is 26.0 Å². The van der Waals surface area contributed by atoms with E-state index in [0.717, 1.165) is 30.2 Å². The molecule has 1 aliphatic rings. The van der Waals surface area contributed by atoms with Gasteiger partial charge in [-0.3, -0.25) is 4.79 Å². The third-order valence-electron chi connectivity index (χ3n) is 4.39. The van der Waals surface area contributed by atoms with Gasteiger partial charge in [0.15, 0.2) is 11.9 Å². The molecule has 4 nitrogen and oxygen atoms in total. The van der Waals surface area contributed by atoms with Crippen molar-refractivity contribution in [1.82, 2.24) is 0 Å². The molecule has 1 aliphatic carbocycles. The van der Waals surface area contributed by atoms with Crippen molar-refractivity contribution in [3.8, 4) is 5.75 Å². The predicted molar refractivity (Wildman–Crippen MR) is 84.5 cm³/mol. The number of ketones is 1. The Bertz CT molecular complexity index is 772. The van der Waals surface area contributed by atoms with Crippen LogP contribution in [-0.2, 0) is 11.2 Å². The van der Waals surface area contributed by atoms with E-state index in [4.69, 9.17) is 9.15 Å². The molecular formula is C18H20O4. The highest BCUT2D eigenvalue weighted by Crippen LogP contribution is 2.27. The first-order valence-electron chi connectivity index (χ1n) is 7.86. The van der Waals surface area contributed by atoms with E-state index in [9.17, 15) is 9.59 Å². The Hall–Kier alpha value is -2.10. The maximum Gasteiger partial charge on any atom is 0.339 e. The van der Waals surface area contributed by atoms with E-state index in [1.54, 1.807) is 6.07 Å². The summed E-state index contributed by atoms with van der Waals surface area (Å²) in [6, 6.07) is 5.46. The van der Waals surface area contributed by atoms with E-state index in [-0.39, 0.29) is 17.5 Å². The zero-order valence-corrected chi connectivity index (χ0v) is 13.0. The highest BCUT2D eigenvalue weighted by molar-refractivity contribution is 5.85. The standard InChI is InChI=1S/C18H20O4/c1-3-13-11(2)14-9-8-12(10-17(14)22-18(13)20)21-16-7-5-4-6-15(16)19/h8-10,16H,3-7H2,1-2H3/t16-/m0/s1. The number of aryl methyl sites for hydroxylation is 1. The number of Topliss-reactive ketones (excluding diaryl/α,β-unsaturated/α-hetero) is 1. The lowest BCUT2D eigenvalue weighted by atomic mass is 9.96. The molecule has 1 aromatic carbocycles. The molecule has 1 saturated carbocycles. The van der Waals surface area contributed by atoms with Gasteiger partial charge in [0, 0.05) is 23.4 Å². The maximum absolute atomic E-state index is 12.0. The lowest BCUT2D eigenvalue weighted by molar-refractivity contribution is -0.127. The fourth-order valence-corrected chi connectivity index (χ4v) is 3.10. The van der Waals surface area contributed by atoms with Gasteiger partial charge in [0.1, 0.15) is 11.3 Å². The molecule has 0 bridgehead atoms. The third kappa shape index (κ3) is 2.65. The van der Waals surface area contributed by atoms with Crippen LogP contribution in [0.3, 0.4) is 0 Å². The minimum absolute atomic E-state index is 0.158. The van der Waals surface area contributed by atoms with E-state index < -0.39 is 0 Å². The number of fused-ring (bicyclic) bond motifs is 1. The molecule has 4 heteroatoms. The van der Waals surface area contributed by atoms with Crippen LogP contribution in [0.4, 0.5) is 0 Å². The van der Waals surface area contributed by atoms with E-state index in [0.29, 0.717) is 29.7 Å². The van der Waals surface area contributed by atoms with E-state index in [2.05, 4.69) is 0 Å². The second-order valence-corrected chi connectivity index (χ2v) is 5.82. The van der Waals surface area contributed by atoms with Gasteiger partial charge in [-0.1, -0.05) is 6.92 Å². The molecule has 116 valence electrons. The summed E-state index contributed by atoms with van der Waals surface area (Å²) in [5, 5.41) is 0.916. The monoisotopic (exact) mass is 300 g/mol. The summed E-state index contributed by atoms with van der Waals surface area (Å²) < 4.78 is 11.2. The predicted octanol–water partition coefficient (Wildman–Crippen LogP) is 3.55. The molecule has 2 aromatic rings. The SMILES string of the molecule is CCc1c(C)c2ccc(O[C@H]3CCCCC3=O)cc2oc1=O. The second kappa shape index (κ2) is 5.95. The Morgan fingerprint density at radius 2 is 2.09 bits per heavy atom. The summed E-state index contributed by atoms with van der Waals surface area (Å²) in [5.74, 6) is 0.741. The Balaban J connectivity index is 1.96. The highest BCUT2D eigenvalue weighted by Gasteiger charge is 2.24. The van der Waals surface area contributed by atoms with Crippen molar-refractivity contribution in [2.45, 2.75) is 52.1 Å². The number of carbonyl (C=O) groups excluding carboxylic acids is 1. The van der Waals surface area contributed by atoms with Crippen molar-refractivity contribution in [3.63, 3.8) is 0 Å². The Labute approximate surface area is 129 Å². The molecule has 0 spiro atoms. The molecule has 0 saturated heterocycles. The first kappa shape index (κ1) is 14.8. The average Bonchev–Trinajstić information content (AvgIpc) is 2.50. The zero-order chi connectivity index (χ0) is 15.7. The fourth-order valence-electron chi connectivity index (χ4n) is 3.10. The van der Waals surface area contributed by atoms with Crippen LogP contribution in [0.5, 0.6) is 5.75 Å². The molecule has 0 N–H and O–H groups in total. The number of carbonyl (C=O) groups is 1. The molecule has 1 heterocycles. The lowest BCUT2D eigenvalue weighted by Gasteiger charge is -2.21. The van der Waals surface area contributed by atoms with Gasteiger partial charge < -0.3 is 9.15 Å². The van der Waals surface area contributed by atoms with Gasteiger partial charge in [0.05, 0.1) is 0 Å². The average molecular weight is 300 g/mol. The normalized spacial score (nSPS) is 18.6. The number of rotatable bonds is 3. The Kier molecular flexibility index (Phi) is 4.01. The first-order valence-corrected chi connectivity index (χ1v) is 7.86. The molecule has 0 amide bonds. The summed E-state index contributed by atoms with van der Waals surface area (Å²) in [6.07, 6.45) is 3.59. The summed E-state index contributed by atoms with van der Waals surface area (Å²) in [5.41, 5.74) is 1.89. The van der Waals surface area contributed by atoms with E-state index in [1.165, 1.54) is 0 Å². The van der Waals surface area contributed by atoms with E-state index >= 15 is 0 Å². The zero-order valence-electron chi connectivity index (χ0n) is 13.0. The number of benzene rings is 1. The smallest absolute Gasteiger partial charge is 0.339 e. The highest BCUT2D eigenvalue weighted by atomic mass is 16.5. The van der Waals surface area contributed by atoms with Crippen LogP contribution in [0.1, 0.15) is 43.7 Å². The number of hydrogen-bond acceptors (Lipinski definition) is 4. The van der Waals surface area contributed by atoms with Crippen molar-refractivity contribution >= 4 is 16.8 Å². The molecule has 0 aliphatic heterocycles. The summed E-state index contributed by atoms with van der Waals surface area (Å²) in [4.78, 5) is 23.8. The summed E-state index contributed by atoms with van der Waals surface area (Å²) >= 11 is 0. The molecular weight excluding hydrogens is 280 g/mol. The Morgan fingerprint density at radius 3 is 2.82 bits per heavy atom. The summed E-state index contributed by atoms with van der Waals surface area (Å²) in [6.45, 7) is 3.88. The third-order valence-corrected chi connectivity index (χ3v) is 4.39. The van der Waals surface area contributed by atoms with Gasteiger partial charge in [-0.2, -0.15) is 0 Å². The molecule has 3 rings (SSSR count). The number of ether oxygens (including phenoxy) is 1. The second-order valence-electron chi connectivity index (χ2n) is 5.82. The summed E-state index contributed by atoms with van der Waals surface area (Å²) in [7, 11) is 0. The van der Waals surface area contributed by atoms with Gasteiger partial charge in [0.25, 0.3) is 0 Å². The van der Waals surface area contributed by atoms with Gasteiger partial charge >= 0.3 is 5.63 Å². The van der Waals surface area contributed by atoms with Crippen LogP contribution in [0, 0.1) is 6.92 Å². The fraction of sp³-hybridized carbons (Fsp3) is 0.444. The largest absolute Gasteiger partial charge is 0.483 e. The molecule has 0 radical (unpaired) electrons. The first-order chi connectivity index (χ1) is 10.6. The minimum Gasteiger partial charge on any atom is -0.483 e. The van der Waals surface area contributed by atoms with Crippen molar-refractivity contribution in [2.24, 2.45) is 0 Å².